The number of hydrogen-bond donors (Lipinski definition) is 4. The molecule has 4 rings (SSSR count). The third kappa shape index (κ3) is 19.2. The summed E-state index contributed by atoms with van der Waals surface area (Å²) in [5, 5.41) is 16.5. The summed E-state index contributed by atoms with van der Waals surface area (Å²) in [6.45, 7) is 27.4. The van der Waals surface area contributed by atoms with E-state index < -0.39 is 0 Å². The minimum Gasteiger partial charge on any atom is -0.454 e. The molecule has 0 amide bonds. The van der Waals surface area contributed by atoms with Crippen molar-refractivity contribution >= 4 is 30.6 Å². The maximum atomic E-state index is 14.5. The van der Waals surface area contributed by atoms with E-state index in [0.29, 0.717) is 36.5 Å². The number of hydrogen-bond acceptors (Lipinski definition) is 8. The van der Waals surface area contributed by atoms with Crippen molar-refractivity contribution in [2.45, 2.75) is 119 Å². The Morgan fingerprint density at radius 1 is 1.05 bits per heavy atom. The molecular weight excluding hydrogens is 718 g/mol. The first-order valence-corrected chi connectivity index (χ1v) is 20.3. The first kappa shape index (κ1) is 54.8. The van der Waals surface area contributed by atoms with Crippen LogP contribution in [-0.2, 0) is 34.3 Å². The molecule has 0 saturated heterocycles. The standard InChI is InChI=1S/C23H37NO2.C18H20FN3O.2C2H6.CH3N.CH4O/c1-7-22(2,3)12-9-13-23(4,18-24-5)21-11-8-10-19(15-21)14-20(16-25)17-26-6;1-3-4-15-14-6-8-22-17(14)10-16(19)18(15)23-13-5-7-21-12(9-13)11-20-2;4*1-2/h8,10-11,15-16,20H,5,7,9,12-14,17-18H2,1-4,6H3;5-10,20,22H,3-4,11H2,1-2H3;2*1-2H3;2H,1H2;2H,1H3/t20?,23-;;;;;/m0...../s1. The van der Waals surface area contributed by atoms with Gasteiger partial charge < -0.3 is 40.1 Å². The molecule has 10 heteroatoms. The first-order valence-electron chi connectivity index (χ1n) is 20.3. The SMILES string of the molecule is C=N.C=NC[C@](C)(CCCC(C)(C)CC)c1cccc(CC(C=O)COC)c1.CC.CC.CCCc1c(Oc2ccnc(CNC)c2)c(F)cc2[nH]ccc12.CO. The van der Waals surface area contributed by atoms with E-state index in [1.165, 1.54) is 36.5 Å². The Morgan fingerprint density at radius 2 is 1.74 bits per heavy atom. The molecule has 57 heavy (non-hydrogen) atoms. The van der Waals surface area contributed by atoms with Gasteiger partial charge in [-0.1, -0.05) is 106 Å². The Labute approximate surface area is 344 Å². The summed E-state index contributed by atoms with van der Waals surface area (Å²) < 4.78 is 25.6. The molecule has 0 saturated carbocycles. The van der Waals surface area contributed by atoms with Crippen LogP contribution in [0.4, 0.5) is 4.39 Å². The highest BCUT2D eigenvalue weighted by Crippen LogP contribution is 2.36. The van der Waals surface area contributed by atoms with Crippen LogP contribution in [0.5, 0.6) is 11.5 Å². The van der Waals surface area contributed by atoms with Gasteiger partial charge >= 0.3 is 0 Å². The number of aromatic amines is 1. The zero-order chi connectivity index (χ0) is 43.9. The number of carbonyl (C=O) groups is 1. The van der Waals surface area contributed by atoms with E-state index >= 15 is 0 Å². The molecule has 0 aliphatic rings. The summed E-state index contributed by atoms with van der Waals surface area (Å²) in [6.07, 6.45) is 11.6. The zero-order valence-electron chi connectivity index (χ0n) is 37.4. The van der Waals surface area contributed by atoms with Gasteiger partial charge in [0.05, 0.1) is 12.3 Å². The molecule has 0 fully saturated rings. The van der Waals surface area contributed by atoms with Crippen LogP contribution in [0.3, 0.4) is 0 Å². The molecule has 0 aliphatic carbocycles. The zero-order valence-corrected chi connectivity index (χ0v) is 37.4. The topological polar surface area (TPSA) is 133 Å². The van der Waals surface area contributed by atoms with E-state index in [2.05, 4.69) is 92.6 Å². The van der Waals surface area contributed by atoms with Gasteiger partial charge in [-0.3, -0.25) is 4.98 Å². The molecule has 4 aromatic rings. The minimum absolute atomic E-state index is 0.0144. The second-order valence-corrected chi connectivity index (χ2v) is 14.0. The van der Waals surface area contributed by atoms with Crippen LogP contribution in [0.15, 0.2) is 65.9 Å². The summed E-state index contributed by atoms with van der Waals surface area (Å²) in [4.78, 5) is 22.8. The smallest absolute Gasteiger partial charge is 0.168 e. The van der Waals surface area contributed by atoms with Crippen LogP contribution >= 0.6 is 0 Å². The number of nitrogens with zero attached hydrogens (tertiary/aromatic N) is 2. The molecule has 0 spiro atoms. The van der Waals surface area contributed by atoms with Crippen molar-refractivity contribution in [3.05, 3.63) is 89.1 Å². The predicted octanol–water partition coefficient (Wildman–Crippen LogP) is 11.3. The van der Waals surface area contributed by atoms with Crippen molar-refractivity contribution in [1.82, 2.24) is 15.3 Å². The average molecular weight is 794 g/mol. The Balaban J connectivity index is 0. The fourth-order valence-electron chi connectivity index (χ4n) is 6.18. The summed E-state index contributed by atoms with van der Waals surface area (Å²) in [6, 6.07) is 15.6. The second kappa shape index (κ2) is 31.8. The lowest BCUT2D eigenvalue weighted by molar-refractivity contribution is -0.112. The maximum Gasteiger partial charge on any atom is 0.168 e. The number of aliphatic hydroxyl groups is 1. The first-order chi connectivity index (χ1) is 27.5. The molecule has 1 unspecified atom stereocenters. The number of nitrogens with one attached hydrogen (secondary N) is 3. The van der Waals surface area contributed by atoms with E-state index in [-0.39, 0.29) is 17.2 Å². The van der Waals surface area contributed by atoms with Gasteiger partial charge in [0, 0.05) is 79.6 Å². The van der Waals surface area contributed by atoms with E-state index in [1.807, 2.05) is 53.1 Å². The van der Waals surface area contributed by atoms with Crippen LogP contribution in [-0.4, -0.2) is 69.2 Å². The predicted molar refractivity (Wildman–Crippen MR) is 241 cm³/mol. The molecule has 2 aromatic carbocycles. The molecule has 0 bridgehead atoms. The highest BCUT2D eigenvalue weighted by molar-refractivity contribution is 5.85. The normalized spacial score (nSPS) is 11.8. The Bertz CT molecular complexity index is 1640. The van der Waals surface area contributed by atoms with Gasteiger partial charge in [0.2, 0.25) is 0 Å². The van der Waals surface area contributed by atoms with Gasteiger partial charge in [0.1, 0.15) is 12.0 Å². The highest BCUT2D eigenvalue weighted by Gasteiger charge is 2.27. The van der Waals surface area contributed by atoms with Gasteiger partial charge in [-0.15, -0.1) is 0 Å². The fraction of sp³-hybridized carbons (Fsp3) is 0.532. The molecule has 4 N–H and O–H groups in total. The van der Waals surface area contributed by atoms with Gasteiger partial charge in [-0.05, 0) is 74.8 Å². The molecular formula is C47H76FN5O4. The molecule has 0 radical (unpaired) electrons. The van der Waals surface area contributed by atoms with Crippen LogP contribution in [0.1, 0.15) is 117 Å². The van der Waals surface area contributed by atoms with Crippen molar-refractivity contribution in [3.63, 3.8) is 0 Å². The molecule has 2 heterocycles. The fourth-order valence-corrected chi connectivity index (χ4v) is 6.18. The molecule has 2 atom stereocenters. The molecule has 320 valence electrons. The van der Waals surface area contributed by atoms with Gasteiger partial charge in [-0.25, -0.2) is 4.39 Å². The third-order valence-corrected chi connectivity index (χ3v) is 9.43. The number of H-pyrrole nitrogens is 1. The van der Waals surface area contributed by atoms with E-state index in [1.54, 1.807) is 19.4 Å². The lowest BCUT2D eigenvalue weighted by Crippen LogP contribution is -2.27. The minimum atomic E-state index is -0.352. The van der Waals surface area contributed by atoms with Crippen molar-refractivity contribution in [1.29, 1.82) is 5.41 Å². The lowest BCUT2D eigenvalue weighted by Gasteiger charge is -2.31. The third-order valence-electron chi connectivity index (χ3n) is 9.43. The van der Waals surface area contributed by atoms with Crippen molar-refractivity contribution < 1.29 is 23.8 Å². The average Bonchev–Trinajstić information content (AvgIpc) is 3.71. The number of methoxy groups -OCH3 is 1. The van der Waals surface area contributed by atoms with Crippen LogP contribution < -0.4 is 10.1 Å². The number of aromatic nitrogens is 2. The Hall–Kier alpha value is -4.25. The van der Waals surface area contributed by atoms with E-state index in [0.717, 1.165) is 61.4 Å². The summed E-state index contributed by atoms with van der Waals surface area (Å²) >= 11 is 0. The van der Waals surface area contributed by atoms with Gasteiger partial charge in [0.15, 0.2) is 11.6 Å². The molecule has 2 aromatic heterocycles. The number of rotatable bonds is 19. The second-order valence-electron chi connectivity index (χ2n) is 14.0. The summed E-state index contributed by atoms with van der Waals surface area (Å²) in [5.74, 6) is 0.455. The number of ether oxygens (including phenoxy) is 2. The highest BCUT2D eigenvalue weighted by atomic mass is 19.1. The number of halogens is 1. The van der Waals surface area contributed by atoms with Crippen LogP contribution in [0.25, 0.3) is 10.9 Å². The number of fused-ring (bicyclic) bond motifs is 1. The Morgan fingerprint density at radius 3 is 2.32 bits per heavy atom. The number of carbonyl (C=O) groups excluding carboxylic acids is 1. The number of aldehydes is 1. The number of aliphatic imine (C=N–C) groups is 1. The largest absolute Gasteiger partial charge is 0.454 e. The van der Waals surface area contributed by atoms with Crippen molar-refractivity contribution in [3.8, 4) is 11.5 Å². The maximum absolute atomic E-state index is 14.5. The lowest BCUT2D eigenvalue weighted by atomic mass is 9.75. The number of aliphatic hydroxyl groups excluding tert-OH is 1. The number of aryl methyl sites for hydroxylation is 1. The summed E-state index contributed by atoms with van der Waals surface area (Å²) in [5.41, 5.74) is 5.39. The molecule has 0 aliphatic heterocycles. The number of pyridine rings is 1. The number of benzene rings is 2. The summed E-state index contributed by atoms with van der Waals surface area (Å²) in [7, 11) is 4.49. The van der Waals surface area contributed by atoms with Gasteiger partial charge in [0.25, 0.3) is 0 Å². The molecule has 9 nitrogen and oxygen atoms in total. The van der Waals surface area contributed by atoms with Gasteiger partial charge in [-0.2, -0.15) is 0 Å². The van der Waals surface area contributed by atoms with Crippen LogP contribution in [0, 0.1) is 22.6 Å². The monoisotopic (exact) mass is 794 g/mol. The van der Waals surface area contributed by atoms with Crippen molar-refractivity contribution in [2.75, 3.05) is 34.4 Å². The quantitative estimate of drug-likeness (QED) is 0.0552. The van der Waals surface area contributed by atoms with E-state index in [4.69, 9.17) is 20.0 Å². The van der Waals surface area contributed by atoms with Crippen LogP contribution in [0.2, 0.25) is 0 Å². The Kier molecular flexibility index (Phi) is 30.6. The van der Waals surface area contributed by atoms with E-state index in [9.17, 15) is 9.18 Å². The van der Waals surface area contributed by atoms with Crippen molar-refractivity contribution in [2.24, 2.45) is 16.3 Å².